The minimum absolute atomic E-state index is 0.0152. The van der Waals surface area contributed by atoms with Gasteiger partial charge >= 0.3 is 0 Å². The lowest BCUT2D eigenvalue weighted by Crippen LogP contribution is -2.28. The van der Waals surface area contributed by atoms with E-state index < -0.39 is 0 Å². The van der Waals surface area contributed by atoms with Gasteiger partial charge in [0.05, 0.1) is 17.3 Å². The van der Waals surface area contributed by atoms with Crippen LogP contribution in [0.15, 0.2) is 59.8 Å². The molecule has 0 aliphatic heterocycles. The molecule has 1 amide bonds. The molecule has 1 N–H and O–H groups in total. The summed E-state index contributed by atoms with van der Waals surface area (Å²) >= 11 is 1.36. The lowest BCUT2D eigenvalue weighted by atomic mass is 10.1. The molecule has 1 unspecified atom stereocenters. The van der Waals surface area contributed by atoms with E-state index in [1.807, 2.05) is 68.4 Å². The molecule has 1 heterocycles. The van der Waals surface area contributed by atoms with E-state index in [-0.39, 0.29) is 11.9 Å². The molecule has 0 saturated carbocycles. The zero-order valence-corrected chi connectivity index (χ0v) is 14.5. The Kier molecular flexibility index (Phi) is 5.11. The lowest BCUT2D eigenvalue weighted by Gasteiger charge is -2.14. The third kappa shape index (κ3) is 3.92. The van der Waals surface area contributed by atoms with E-state index in [0.29, 0.717) is 10.9 Å². The van der Waals surface area contributed by atoms with Crippen LogP contribution in [-0.2, 0) is 4.79 Å². The molecule has 0 saturated heterocycles. The molecule has 3 rings (SSSR count). The second-order valence-corrected chi connectivity index (χ2v) is 6.54. The van der Waals surface area contributed by atoms with Crippen molar-refractivity contribution in [3.63, 3.8) is 0 Å². The zero-order valence-electron chi connectivity index (χ0n) is 13.7. The van der Waals surface area contributed by atoms with Gasteiger partial charge in [0, 0.05) is 11.1 Å². The van der Waals surface area contributed by atoms with Crippen LogP contribution in [0.25, 0.3) is 10.9 Å². The first-order valence-electron chi connectivity index (χ1n) is 7.84. The smallest absolute Gasteiger partial charge is 0.230 e. The Morgan fingerprint density at radius 2 is 1.79 bits per heavy atom. The quantitative estimate of drug-likeness (QED) is 0.566. The van der Waals surface area contributed by atoms with E-state index in [2.05, 4.69) is 15.3 Å². The average Bonchev–Trinajstić information content (AvgIpc) is 2.61. The van der Waals surface area contributed by atoms with Gasteiger partial charge in [-0.3, -0.25) is 4.79 Å². The Bertz CT molecular complexity index is 852. The van der Waals surface area contributed by atoms with E-state index in [9.17, 15) is 4.79 Å². The maximum atomic E-state index is 12.2. The van der Waals surface area contributed by atoms with E-state index in [4.69, 9.17) is 0 Å². The average molecular weight is 337 g/mol. The summed E-state index contributed by atoms with van der Waals surface area (Å²) in [7, 11) is 0. The van der Waals surface area contributed by atoms with E-state index in [1.54, 1.807) is 0 Å². The number of aryl methyl sites for hydroxylation is 1. The Labute approximate surface area is 145 Å². The van der Waals surface area contributed by atoms with Crippen molar-refractivity contribution in [2.75, 3.05) is 5.75 Å². The molecule has 2 aromatic carbocycles. The van der Waals surface area contributed by atoms with Crippen LogP contribution in [0.3, 0.4) is 0 Å². The van der Waals surface area contributed by atoms with Crippen molar-refractivity contribution >= 4 is 28.6 Å². The van der Waals surface area contributed by atoms with Crippen molar-refractivity contribution in [3.8, 4) is 0 Å². The summed E-state index contributed by atoms with van der Waals surface area (Å²) in [4.78, 5) is 21.2. The number of amides is 1. The number of rotatable bonds is 5. The van der Waals surface area contributed by atoms with Crippen molar-refractivity contribution in [1.29, 1.82) is 0 Å². The fourth-order valence-corrected chi connectivity index (χ4v) is 3.22. The van der Waals surface area contributed by atoms with E-state index in [1.165, 1.54) is 11.8 Å². The first kappa shape index (κ1) is 16.5. The van der Waals surface area contributed by atoms with Gasteiger partial charge in [-0.1, -0.05) is 60.3 Å². The van der Waals surface area contributed by atoms with Crippen LogP contribution < -0.4 is 5.32 Å². The normalized spacial score (nSPS) is 12.1. The van der Waals surface area contributed by atoms with Gasteiger partial charge in [0.1, 0.15) is 0 Å². The molecular formula is C19H19N3OS. The number of para-hydroxylation sites is 1. The standard InChI is InChI=1S/C19H19N3OS/c1-13(15-8-4-3-5-9-15)20-18(23)12-24-19-21-14(2)16-10-6-7-11-17(16)22-19/h3-11,13H,12H2,1-2H3,(H,20,23). The molecule has 0 bridgehead atoms. The fraction of sp³-hybridized carbons (Fsp3) is 0.211. The summed E-state index contributed by atoms with van der Waals surface area (Å²) < 4.78 is 0. The molecule has 24 heavy (non-hydrogen) atoms. The number of hydrogen-bond donors (Lipinski definition) is 1. The maximum Gasteiger partial charge on any atom is 0.230 e. The minimum Gasteiger partial charge on any atom is -0.349 e. The number of carbonyl (C=O) groups excluding carboxylic acids is 1. The van der Waals surface area contributed by atoms with Gasteiger partial charge in [-0.05, 0) is 25.5 Å². The lowest BCUT2D eigenvalue weighted by molar-refractivity contribution is -0.119. The van der Waals surface area contributed by atoms with Crippen molar-refractivity contribution in [2.45, 2.75) is 25.0 Å². The first-order chi connectivity index (χ1) is 11.6. The number of carbonyl (C=O) groups is 1. The van der Waals surface area contributed by atoms with E-state index in [0.717, 1.165) is 22.2 Å². The largest absolute Gasteiger partial charge is 0.349 e. The molecule has 1 atom stereocenters. The monoisotopic (exact) mass is 337 g/mol. The highest BCUT2D eigenvalue weighted by Crippen LogP contribution is 2.20. The number of benzene rings is 2. The molecule has 4 nitrogen and oxygen atoms in total. The van der Waals surface area contributed by atoms with Crippen LogP contribution in [0.2, 0.25) is 0 Å². The summed E-state index contributed by atoms with van der Waals surface area (Å²) in [5, 5.41) is 4.68. The van der Waals surface area contributed by atoms with Crippen LogP contribution in [0.5, 0.6) is 0 Å². The highest BCUT2D eigenvalue weighted by molar-refractivity contribution is 7.99. The van der Waals surface area contributed by atoms with Crippen molar-refractivity contribution in [1.82, 2.24) is 15.3 Å². The first-order valence-corrected chi connectivity index (χ1v) is 8.82. The third-order valence-electron chi connectivity index (χ3n) is 3.78. The SMILES string of the molecule is Cc1nc(SCC(=O)NC(C)c2ccccc2)nc2ccccc12. The number of hydrogen-bond acceptors (Lipinski definition) is 4. The highest BCUT2D eigenvalue weighted by Gasteiger charge is 2.11. The molecule has 1 aromatic heterocycles. The van der Waals surface area contributed by atoms with Crippen LogP contribution >= 0.6 is 11.8 Å². The van der Waals surface area contributed by atoms with Crippen molar-refractivity contribution in [3.05, 3.63) is 65.9 Å². The van der Waals surface area contributed by atoms with Gasteiger partial charge in [-0.15, -0.1) is 0 Å². The second kappa shape index (κ2) is 7.45. The Morgan fingerprint density at radius 3 is 2.58 bits per heavy atom. The van der Waals surface area contributed by atoms with Crippen molar-refractivity contribution < 1.29 is 4.79 Å². The van der Waals surface area contributed by atoms with Crippen LogP contribution in [0, 0.1) is 6.92 Å². The van der Waals surface area contributed by atoms with Gasteiger partial charge < -0.3 is 5.32 Å². The minimum atomic E-state index is -0.0224. The molecule has 0 aliphatic carbocycles. The van der Waals surface area contributed by atoms with Gasteiger partial charge in [0.2, 0.25) is 5.91 Å². The Morgan fingerprint density at radius 1 is 1.08 bits per heavy atom. The van der Waals surface area contributed by atoms with Crippen LogP contribution in [0.4, 0.5) is 0 Å². The Hall–Kier alpha value is -2.40. The number of nitrogens with one attached hydrogen (secondary N) is 1. The van der Waals surface area contributed by atoms with Gasteiger partial charge in [0.25, 0.3) is 0 Å². The van der Waals surface area contributed by atoms with Gasteiger partial charge in [-0.25, -0.2) is 9.97 Å². The fourth-order valence-electron chi connectivity index (χ4n) is 2.51. The number of fused-ring (bicyclic) bond motifs is 1. The highest BCUT2D eigenvalue weighted by atomic mass is 32.2. The van der Waals surface area contributed by atoms with Crippen LogP contribution in [-0.4, -0.2) is 21.6 Å². The molecule has 0 spiro atoms. The van der Waals surface area contributed by atoms with Crippen molar-refractivity contribution in [2.24, 2.45) is 0 Å². The summed E-state index contributed by atoms with van der Waals surface area (Å²) in [5.41, 5.74) is 2.93. The molecule has 0 radical (unpaired) electrons. The predicted octanol–water partition coefficient (Wildman–Crippen LogP) is 3.91. The molecule has 3 aromatic rings. The van der Waals surface area contributed by atoms with Gasteiger partial charge in [-0.2, -0.15) is 0 Å². The molecule has 122 valence electrons. The molecular weight excluding hydrogens is 318 g/mol. The van der Waals surface area contributed by atoms with Crippen LogP contribution in [0.1, 0.15) is 24.2 Å². The maximum absolute atomic E-state index is 12.2. The summed E-state index contributed by atoms with van der Waals surface area (Å²) in [6, 6.07) is 17.8. The van der Waals surface area contributed by atoms with Gasteiger partial charge in [0.15, 0.2) is 5.16 Å². The molecule has 0 fully saturated rings. The number of nitrogens with zero attached hydrogens (tertiary/aromatic N) is 2. The summed E-state index contributed by atoms with van der Waals surface area (Å²) in [5.74, 6) is 0.278. The number of aromatic nitrogens is 2. The molecule has 0 aliphatic rings. The third-order valence-corrected chi connectivity index (χ3v) is 4.63. The predicted molar refractivity (Wildman–Crippen MR) is 98.0 cm³/mol. The molecule has 5 heteroatoms. The summed E-state index contributed by atoms with van der Waals surface area (Å²) in [6.07, 6.45) is 0. The topological polar surface area (TPSA) is 54.9 Å². The second-order valence-electron chi connectivity index (χ2n) is 5.60. The Balaban J connectivity index is 1.62. The van der Waals surface area contributed by atoms with E-state index >= 15 is 0 Å². The zero-order chi connectivity index (χ0) is 16.9. The number of thioether (sulfide) groups is 1. The summed E-state index contributed by atoms with van der Waals surface area (Å²) in [6.45, 7) is 3.94.